The van der Waals surface area contributed by atoms with Gasteiger partial charge in [0.25, 0.3) is 0 Å². The molecular weight excluding hydrogens is 593 g/mol. The first-order chi connectivity index (χ1) is 20.1. The summed E-state index contributed by atoms with van der Waals surface area (Å²) in [6.07, 6.45) is 2.45. The molecule has 4 rings (SSSR count). The van der Waals surface area contributed by atoms with Crippen molar-refractivity contribution >= 4 is 51.5 Å². The summed E-state index contributed by atoms with van der Waals surface area (Å²) in [5.41, 5.74) is 16.2. The van der Waals surface area contributed by atoms with E-state index in [-0.39, 0.29) is 30.3 Å². The highest BCUT2D eigenvalue weighted by Crippen LogP contribution is 2.28. The van der Waals surface area contributed by atoms with Gasteiger partial charge in [-0.05, 0) is 54.9 Å². The summed E-state index contributed by atoms with van der Waals surface area (Å²) in [5, 5.41) is 12.9. The maximum absolute atomic E-state index is 13.9. The normalized spacial score (nSPS) is 18.6. The number of carbonyl (C=O) groups is 2. The van der Waals surface area contributed by atoms with Gasteiger partial charge in [0.15, 0.2) is 0 Å². The van der Waals surface area contributed by atoms with E-state index in [0.29, 0.717) is 42.0 Å². The Hall–Kier alpha value is -2.76. The predicted octanol–water partition coefficient (Wildman–Crippen LogP) is 4.76. The fraction of sp³-hybridized carbons (Fsp3) is 0.467. The van der Waals surface area contributed by atoms with Gasteiger partial charge in [-0.3, -0.25) is 9.59 Å². The number of hydrogen-bond donors (Lipinski definition) is 3. The summed E-state index contributed by atoms with van der Waals surface area (Å²) >= 11 is 13.9. The SMILES string of the molecule is CC(C)C[C@@H]1CN(C(=O)[C@H](N)Cc2ccc(Cl)cc2Cl)[C@@H](CCCNc2nncs2)CN1C(=O)[C@H](N)c1ccccc1. The standard InChI is InChI=1S/C30H39Cl2N7O2S/c1-19(2)13-24-17-38(28(40)26(33)14-21-10-11-22(31)15-25(21)32)23(9-6-12-35-30-37-36-18-42-30)16-39(24)29(41)27(34)20-7-4-3-5-8-20/h3-5,7-8,10-11,15,18-19,23-24,26-27H,6,9,12-14,16-17,33-34H2,1-2H3,(H,35,37)/t23-,24+,26+,27+/m0/s1. The Bertz CT molecular complexity index is 1310. The first-order valence-corrected chi connectivity index (χ1v) is 15.9. The first kappa shape index (κ1) is 32.2. The number of rotatable bonds is 12. The van der Waals surface area contributed by atoms with E-state index in [1.165, 1.54) is 11.3 Å². The molecule has 0 bridgehead atoms. The molecule has 1 saturated heterocycles. The number of anilines is 1. The number of amides is 2. The van der Waals surface area contributed by atoms with Gasteiger partial charge < -0.3 is 26.6 Å². The lowest BCUT2D eigenvalue weighted by Gasteiger charge is -2.48. The average Bonchev–Trinajstić information content (AvgIpc) is 3.49. The zero-order valence-electron chi connectivity index (χ0n) is 24.0. The van der Waals surface area contributed by atoms with Gasteiger partial charge in [-0.15, -0.1) is 10.2 Å². The number of hydrogen-bond acceptors (Lipinski definition) is 8. The molecular formula is C30H39Cl2N7O2S. The van der Waals surface area contributed by atoms with E-state index < -0.39 is 12.1 Å². The van der Waals surface area contributed by atoms with Crippen LogP contribution in [0.5, 0.6) is 0 Å². The van der Waals surface area contributed by atoms with Gasteiger partial charge in [-0.2, -0.15) is 0 Å². The molecule has 0 unspecified atom stereocenters. The summed E-state index contributed by atoms with van der Waals surface area (Å²) in [7, 11) is 0. The van der Waals surface area contributed by atoms with Crippen molar-refractivity contribution in [1.82, 2.24) is 20.0 Å². The van der Waals surface area contributed by atoms with Crippen molar-refractivity contribution in [1.29, 1.82) is 0 Å². The molecule has 3 aromatic rings. The van der Waals surface area contributed by atoms with Crippen molar-refractivity contribution in [3.05, 3.63) is 75.2 Å². The summed E-state index contributed by atoms with van der Waals surface area (Å²) in [4.78, 5) is 31.6. The number of nitrogens with zero attached hydrogens (tertiary/aromatic N) is 4. The van der Waals surface area contributed by atoms with E-state index in [1.54, 1.807) is 23.7 Å². The summed E-state index contributed by atoms with van der Waals surface area (Å²) in [6.45, 7) is 5.67. The van der Waals surface area contributed by atoms with Crippen molar-refractivity contribution in [3.63, 3.8) is 0 Å². The lowest BCUT2D eigenvalue weighted by molar-refractivity contribution is -0.149. The number of benzene rings is 2. The Labute approximate surface area is 261 Å². The van der Waals surface area contributed by atoms with Gasteiger partial charge in [0, 0.05) is 41.8 Å². The number of nitrogens with two attached hydrogens (primary N) is 2. The van der Waals surface area contributed by atoms with Crippen LogP contribution < -0.4 is 16.8 Å². The average molecular weight is 633 g/mol. The van der Waals surface area contributed by atoms with Crippen LogP contribution in [-0.4, -0.2) is 69.6 Å². The van der Waals surface area contributed by atoms with E-state index in [0.717, 1.165) is 29.1 Å². The molecule has 5 N–H and O–H groups in total. The zero-order valence-corrected chi connectivity index (χ0v) is 26.3. The minimum atomic E-state index is -0.792. The maximum Gasteiger partial charge on any atom is 0.244 e. The molecule has 12 heteroatoms. The van der Waals surface area contributed by atoms with Crippen molar-refractivity contribution in [2.45, 2.75) is 63.7 Å². The van der Waals surface area contributed by atoms with Crippen LogP contribution in [0.4, 0.5) is 5.13 Å². The molecule has 1 fully saturated rings. The quantitative estimate of drug-likeness (QED) is 0.246. The molecule has 0 saturated carbocycles. The largest absolute Gasteiger partial charge is 0.360 e. The monoisotopic (exact) mass is 631 g/mol. The molecule has 0 spiro atoms. The first-order valence-electron chi connectivity index (χ1n) is 14.2. The molecule has 1 aromatic heterocycles. The van der Waals surface area contributed by atoms with Crippen molar-refractivity contribution in [2.75, 3.05) is 25.0 Å². The van der Waals surface area contributed by atoms with Crippen LogP contribution in [0.15, 0.2) is 54.0 Å². The number of nitrogens with one attached hydrogen (secondary N) is 1. The van der Waals surface area contributed by atoms with Crippen LogP contribution in [0, 0.1) is 5.92 Å². The molecule has 226 valence electrons. The molecule has 9 nitrogen and oxygen atoms in total. The minimum absolute atomic E-state index is 0.131. The third kappa shape index (κ3) is 8.41. The third-order valence-corrected chi connectivity index (χ3v) is 8.79. The Balaban J connectivity index is 1.55. The van der Waals surface area contributed by atoms with Crippen LogP contribution in [0.3, 0.4) is 0 Å². The number of carbonyl (C=O) groups excluding carboxylic acids is 2. The second-order valence-corrected chi connectivity index (χ2v) is 12.8. The molecule has 2 amide bonds. The van der Waals surface area contributed by atoms with Crippen LogP contribution in [0.1, 0.15) is 50.3 Å². The number of aromatic nitrogens is 2. The number of halogens is 2. The van der Waals surface area contributed by atoms with E-state index in [9.17, 15) is 9.59 Å². The second-order valence-electron chi connectivity index (χ2n) is 11.2. The fourth-order valence-electron chi connectivity index (χ4n) is 5.47. The Morgan fingerprint density at radius 3 is 2.43 bits per heavy atom. The highest BCUT2D eigenvalue weighted by molar-refractivity contribution is 7.13. The Morgan fingerprint density at radius 1 is 1.05 bits per heavy atom. The third-order valence-electron chi connectivity index (χ3n) is 7.55. The summed E-state index contributed by atoms with van der Waals surface area (Å²) in [6, 6.07) is 12.6. The van der Waals surface area contributed by atoms with Gasteiger partial charge in [0.1, 0.15) is 11.6 Å². The Morgan fingerprint density at radius 2 is 1.76 bits per heavy atom. The van der Waals surface area contributed by atoms with Crippen molar-refractivity contribution in [2.24, 2.45) is 17.4 Å². The molecule has 42 heavy (non-hydrogen) atoms. The molecule has 2 heterocycles. The van der Waals surface area contributed by atoms with Crippen molar-refractivity contribution in [3.8, 4) is 0 Å². The highest BCUT2D eigenvalue weighted by atomic mass is 35.5. The molecule has 4 atom stereocenters. The van der Waals surface area contributed by atoms with E-state index in [4.69, 9.17) is 34.7 Å². The van der Waals surface area contributed by atoms with Crippen LogP contribution in [-0.2, 0) is 16.0 Å². The van der Waals surface area contributed by atoms with Gasteiger partial charge in [-0.25, -0.2) is 0 Å². The molecule has 1 aliphatic rings. The minimum Gasteiger partial charge on any atom is -0.360 e. The van der Waals surface area contributed by atoms with Crippen LogP contribution >= 0.6 is 34.5 Å². The van der Waals surface area contributed by atoms with Crippen LogP contribution in [0.2, 0.25) is 10.0 Å². The second kappa shape index (κ2) is 15.1. The van der Waals surface area contributed by atoms with Gasteiger partial charge in [0.2, 0.25) is 16.9 Å². The molecule has 0 radical (unpaired) electrons. The molecule has 0 aliphatic carbocycles. The number of piperazine rings is 1. The van der Waals surface area contributed by atoms with Gasteiger partial charge in [-0.1, -0.05) is 84.8 Å². The molecule has 2 aromatic carbocycles. The summed E-state index contributed by atoms with van der Waals surface area (Å²) in [5.74, 6) is 0.0221. The molecule has 1 aliphatic heterocycles. The van der Waals surface area contributed by atoms with E-state index in [1.807, 2.05) is 40.1 Å². The zero-order chi connectivity index (χ0) is 30.2. The van der Waals surface area contributed by atoms with Gasteiger partial charge >= 0.3 is 0 Å². The van der Waals surface area contributed by atoms with E-state index >= 15 is 0 Å². The fourth-order valence-corrected chi connectivity index (χ4v) is 6.43. The topological polar surface area (TPSA) is 130 Å². The predicted molar refractivity (Wildman–Crippen MR) is 170 cm³/mol. The Kier molecular flexibility index (Phi) is 11.6. The highest BCUT2D eigenvalue weighted by Gasteiger charge is 2.41. The van der Waals surface area contributed by atoms with Crippen molar-refractivity contribution < 1.29 is 9.59 Å². The summed E-state index contributed by atoms with van der Waals surface area (Å²) < 4.78 is 0. The maximum atomic E-state index is 13.9. The van der Waals surface area contributed by atoms with Gasteiger partial charge in [0.05, 0.1) is 6.04 Å². The smallest absolute Gasteiger partial charge is 0.244 e. The van der Waals surface area contributed by atoms with Crippen LogP contribution in [0.25, 0.3) is 0 Å². The van der Waals surface area contributed by atoms with E-state index in [2.05, 4.69) is 29.4 Å². The lowest BCUT2D eigenvalue weighted by atomic mass is 9.93. The lowest BCUT2D eigenvalue weighted by Crippen LogP contribution is -2.64.